The molecular weight excluding hydrogens is 306 g/mol. The van der Waals surface area contributed by atoms with E-state index >= 15 is 0 Å². The highest BCUT2D eigenvalue weighted by atomic mass is 16.3. The van der Waals surface area contributed by atoms with Crippen LogP contribution in [0.25, 0.3) is 0 Å². The fourth-order valence-corrected chi connectivity index (χ4v) is 2.83. The smallest absolute Gasteiger partial charge is 0.196 e. The Morgan fingerprint density at radius 1 is 0.875 bits per heavy atom. The van der Waals surface area contributed by atoms with Crippen molar-refractivity contribution < 1.29 is 20.1 Å². The third-order valence-corrected chi connectivity index (χ3v) is 4.54. The monoisotopic (exact) mass is 343 g/mol. The molecule has 0 bridgehead atoms. The Balaban J connectivity index is 3.48. The molecule has 0 fully saturated rings. The van der Waals surface area contributed by atoms with Crippen molar-refractivity contribution >= 4 is 5.94 Å². The number of rotatable bonds is 16. The molecule has 0 amide bonds. The zero-order valence-corrected chi connectivity index (χ0v) is 15.3. The zero-order chi connectivity index (χ0) is 18.2. The summed E-state index contributed by atoms with van der Waals surface area (Å²) in [5.41, 5.74) is 5.45. The molecule has 0 saturated heterocycles. The first-order valence-electron chi connectivity index (χ1n) is 9.60. The van der Waals surface area contributed by atoms with Crippen LogP contribution in [0.5, 0.6) is 0 Å². The lowest BCUT2D eigenvalue weighted by molar-refractivity contribution is -0.00127. The fourth-order valence-electron chi connectivity index (χ4n) is 2.83. The second-order valence-electron chi connectivity index (χ2n) is 6.75. The molecule has 142 valence electrons. The summed E-state index contributed by atoms with van der Waals surface area (Å²) in [6, 6.07) is -1.27. The van der Waals surface area contributed by atoms with E-state index < -0.39 is 24.0 Å². The Morgan fingerprint density at radius 2 is 1.29 bits per heavy atom. The van der Waals surface area contributed by atoms with Crippen LogP contribution in [0.2, 0.25) is 0 Å². The van der Waals surface area contributed by atoms with Gasteiger partial charge < -0.3 is 21.1 Å². The van der Waals surface area contributed by atoms with Gasteiger partial charge in [-0.3, -0.25) is 0 Å². The highest BCUT2D eigenvalue weighted by Gasteiger charge is 2.26. The van der Waals surface area contributed by atoms with E-state index in [9.17, 15) is 15.0 Å². The molecule has 5 N–H and O–H groups in total. The normalized spacial score (nSPS) is 14.8. The number of hydrogen-bond donors (Lipinski definition) is 4. The Kier molecular flexibility index (Phi) is 15.1. The summed E-state index contributed by atoms with van der Waals surface area (Å²) in [5.74, 6) is 0.488. The lowest BCUT2D eigenvalue weighted by atomic mass is 9.99. The van der Waals surface area contributed by atoms with Crippen molar-refractivity contribution in [2.75, 3.05) is 0 Å². The molecule has 0 rings (SSSR count). The zero-order valence-electron chi connectivity index (χ0n) is 15.3. The van der Waals surface area contributed by atoms with Crippen LogP contribution >= 0.6 is 0 Å². The minimum Gasteiger partial charge on any atom is -0.501 e. The summed E-state index contributed by atoms with van der Waals surface area (Å²) < 4.78 is 0. The van der Waals surface area contributed by atoms with E-state index in [-0.39, 0.29) is 0 Å². The topological polar surface area (TPSA) is 104 Å². The summed E-state index contributed by atoms with van der Waals surface area (Å²) in [6.07, 6.45) is 12.8. The molecular formula is C19H37NO4. The quantitative estimate of drug-likeness (QED) is 0.195. The Labute approximate surface area is 147 Å². The van der Waals surface area contributed by atoms with Gasteiger partial charge in [0.15, 0.2) is 11.7 Å². The maximum absolute atomic E-state index is 10.3. The third-order valence-electron chi connectivity index (χ3n) is 4.54. The van der Waals surface area contributed by atoms with Crippen molar-refractivity contribution in [1.29, 1.82) is 0 Å². The molecule has 0 radical (unpaired) electrons. The molecule has 0 aromatic carbocycles. The van der Waals surface area contributed by atoms with Crippen LogP contribution < -0.4 is 5.73 Å². The van der Waals surface area contributed by atoms with Crippen LogP contribution in [0.4, 0.5) is 0 Å². The van der Waals surface area contributed by atoms with Crippen molar-refractivity contribution in [3.63, 3.8) is 0 Å². The maximum Gasteiger partial charge on any atom is 0.196 e. The number of aliphatic hydroxyl groups excluding tert-OH is 3. The number of nitrogens with two attached hydrogens (primary N) is 1. The second-order valence-corrected chi connectivity index (χ2v) is 6.75. The average Bonchev–Trinajstić information content (AvgIpc) is 2.60. The minimum absolute atomic E-state index is 0.415. The first kappa shape index (κ1) is 23.1. The molecule has 0 spiro atoms. The van der Waals surface area contributed by atoms with Gasteiger partial charge >= 0.3 is 0 Å². The molecule has 0 aliphatic rings. The van der Waals surface area contributed by atoms with Crippen molar-refractivity contribution in [3.8, 4) is 0 Å². The fraction of sp³-hybridized carbons (Fsp3) is 0.895. The largest absolute Gasteiger partial charge is 0.501 e. The average molecular weight is 344 g/mol. The van der Waals surface area contributed by atoms with Crippen LogP contribution in [0, 0.1) is 0 Å². The van der Waals surface area contributed by atoms with Crippen LogP contribution in [0.1, 0.15) is 90.4 Å². The molecule has 0 saturated carbocycles. The lowest BCUT2D eigenvalue weighted by Crippen LogP contribution is -2.44. The number of unbranched alkanes of at least 4 members (excludes halogenated alkanes) is 11. The number of hydrogen-bond acceptors (Lipinski definition) is 5. The van der Waals surface area contributed by atoms with E-state index in [4.69, 9.17) is 10.8 Å². The SMILES string of the molecule is CCCCCCCCCCCCCCC(O)C(O)C(N)C(O)=C=O. The van der Waals surface area contributed by atoms with Gasteiger partial charge in [0.2, 0.25) is 0 Å². The van der Waals surface area contributed by atoms with E-state index in [1.165, 1.54) is 63.7 Å². The molecule has 5 nitrogen and oxygen atoms in total. The first-order valence-corrected chi connectivity index (χ1v) is 9.60. The predicted molar refractivity (Wildman–Crippen MR) is 97.5 cm³/mol. The summed E-state index contributed by atoms with van der Waals surface area (Å²) >= 11 is 0. The molecule has 3 atom stereocenters. The molecule has 0 heterocycles. The molecule has 0 aliphatic carbocycles. The predicted octanol–water partition coefficient (Wildman–Crippen LogP) is 3.40. The van der Waals surface area contributed by atoms with Gasteiger partial charge in [-0.05, 0) is 6.42 Å². The van der Waals surface area contributed by atoms with Gasteiger partial charge in [-0.15, -0.1) is 0 Å². The van der Waals surface area contributed by atoms with E-state index in [2.05, 4.69) is 6.92 Å². The van der Waals surface area contributed by atoms with Gasteiger partial charge in [0.1, 0.15) is 12.1 Å². The standard InChI is InChI=1S/C19H37NO4/c1-2-3-4-5-6-7-8-9-10-11-12-13-14-16(22)19(24)18(20)17(23)15-21/h16,18-19,22-24H,2-14,20H2,1H3. The van der Waals surface area contributed by atoms with Crippen LogP contribution in [-0.4, -0.2) is 39.5 Å². The van der Waals surface area contributed by atoms with Crippen LogP contribution in [0.3, 0.4) is 0 Å². The van der Waals surface area contributed by atoms with E-state index in [1.54, 1.807) is 0 Å². The van der Waals surface area contributed by atoms with Crippen molar-refractivity contribution in [2.45, 2.75) is 109 Å². The minimum atomic E-state index is -1.33. The summed E-state index contributed by atoms with van der Waals surface area (Å²) in [5, 5.41) is 28.7. The van der Waals surface area contributed by atoms with E-state index in [0.29, 0.717) is 6.42 Å². The first-order chi connectivity index (χ1) is 11.5. The van der Waals surface area contributed by atoms with Gasteiger partial charge in [-0.1, -0.05) is 84.0 Å². The third kappa shape index (κ3) is 11.6. The van der Waals surface area contributed by atoms with Gasteiger partial charge in [-0.2, -0.15) is 0 Å². The summed E-state index contributed by atoms with van der Waals surface area (Å²) in [7, 11) is 0. The van der Waals surface area contributed by atoms with Gasteiger partial charge in [0.25, 0.3) is 0 Å². The Bertz CT molecular complexity index is 342. The number of aliphatic hydroxyl groups is 3. The van der Waals surface area contributed by atoms with Gasteiger partial charge in [-0.25, -0.2) is 4.79 Å². The number of carbonyl (C=O) groups excluding carboxylic acids is 1. The molecule has 24 heavy (non-hydrogen) atoms. The van der Waals surface area contributed by atoms with Crippen LogP contribution in [-0.2, 0) is 4.79 Å². The molecule has 5 heteroatoms. The molecule has 0 aliphatic heterocycles. The maximum atomic E-state index is 10.3. The van der Waals surface area contributed by atoms with E-state index in [1.807, 2.05) is 0 Å². The highest BCUT2D eigenvalue weighted by molar-refractivity contribution is 5.51. The van der Waals surface area contributed by atoms with Crippen LogP contribution in [0.15, 0.2) is 5.76 Å². The van der Waals surface area contributed by atoms with Crippen molar-refractivity contribution in [2.24, 2.45) is 5.73 Å². The van der Waals surface area contributed by atoms with Gasteiger partial charge in [0.05, 0.1) is 6.10 Å². The highest BCUT2D eigenvalue weighted by Crippen LogP contribution is 2.14. The second kappa shape index (κ2) is 15.6. The summed E-state index contributed by atoms with van der Waals surface area (Å²) in [6.45, 7) is 2.24. The molecule has 0 aromatic heterocycles. The van der Waals surface area contributed by atoms with Crippen molar-refractivity contribution in [1.82, 2.24) is 0 Å². The van der Waals surface area contributed by atoms with Crippen molar-refractivity contribution in [3.05, 3.63) is 5.76 Å². The summed E-state index contributed by atoms with van der Waals surface area (Å²) in [4.78, 5) is 10.3. The van der Waals surface area contributed by atoms with Gasteiger partial charge in [0, 0.05) is 0 Å². The lowest BCUT2D eigenvalue weighted by Gasteiger charge is -2.22. The molecule has 0 aromatic rings. The van der Waals surface area contributed by atoms with E-state index in [0.717, 1.165) is 19.3 Å². The molecule has 3 unspecified atom stereocenters. The Hall–Kier alpha value is -0.870. The Morgan fingerprint density at radius 3 is 1.71 bits per heavy atom.